The quantitative estimate of drug-likeness (QED) is 0.367. The van der Waals surface area contributed by atoms with Crippen LogP contribution >= 0.6 is 35.0 Å². The van der Waals surface area contributed by atoms with Gasteiger partial charge in [0.25, 0.3) is 5.56 Å². The van der Waals surface area contributed by atoms with E-state index >= 15 is 0 Å². The lowest BCUT2D eigenvalue weighted by Gasteiger charge is -2.11. The first-order valence-electron chi connectivity index (χ1n) is 7.93. The lowest BCUT2D eigenvalue weighted by atomic mass is 10.2. The van der Waals surface area contributed by atoms with E-state index in [1.165, 1.54) is 6.07 Å². The zero-order valence-corrected chi connectivity index (χ0v) is 16.9. The van der Waals surface area contributed by atoms with E-state index in [1.807, 2.05) is 30.5 Å². The molecule has 0 aliphatic heterocycles. The molecule has 140 valence electrons. The Bertz CT molecular complexity index is 1090. The van der Waals surface area contributed by atoms with Gasteiger partial charge in [-0.1, -0.05) is 35.0 Å². The van der Waals surface area contributed by atoms with E-state index in [0.29, 0.717) is 20.8 Å². The lowest BCUT2D eigenvalue weighted by Crippen LogP contribution is -2.11. The van der Waals surface area contributed by atoms with E-state index in [2.05, 4.69) is 9.97 Å². The minimum absolute atomic E-state index is 0.0792. The van der Waals surface area contributed by atoms with Crippen molar-refractivity contribution in [1.82, 2.24) is 14.5 Å². The van der Waals surface area contributed by atoms with E-state index in [-0.39, 0.29) is 22.9 Å². The SMILES string of the molecule is Cc1cc(C(=O)CSc2nc(N)cc(=O)[nH]2)c(C)n1-c1ccc(Cl)c(Cl)c1. The number of aryl methyl sites for hydroxylation is 1. The van der Waals surface area contributed by atoms with Crippen LogP contribution in [0.1, 0.15) is 21.7 Å². The fraction of sp³-hybridized carbons (Fsp3) is 0.167. The second-order valence-electron chi connectivity index (χ2n) is 5.91. The number of benzene rings is 1. The van der Waals surface area contributed by atoms with Gasteiger partial charge in [0.2, 0.25) is 0 Å². The van der Waals surface area contributed by atoms with Gasteiger partial charge in [0.05, 0.1) is 15.8 Å². The van der Waals surface area contributed by atoms with E-state index in [4.69, 9.17) is 28.9 Å². The Morgan fingerprint density at radius 1 is 1.22 bits per heavy atom. The Kier molecular flexibility index (Phi) is 5.64. The van der Waals surface area contributed by atoms with Crippen LogP contribution in [0.4, 0.5) is 5.82 Å². The van der Waals surface area contributed by atoms with Crippen LogP contribution in [0.5, 0.6) is 0 Å². The molecule has 6 nitrogen and oxygen atoms in total. The van der Waals surface area contributed by atoms with Gasteiger partial charge in [0.1, 0.15) is 5.82 Å². The number of Topliss-reactive ketones (excluding diaryl/α,β-unsaturated/α-hetero) is 1. The number of rotatable bonds is 5. The van der Waals surface area contributed by atoms with Crippen molar-refractivity contribution in [3.8, 4) is 5.69 Å². The largest absolute Gasteiger partial charge is 0.383 e. The molecule has 0 saturated heterocycles. The standard InChI is InChI=1S/C18H16Cl2N4O2S/c1-9-5-12(10(2)24(9)11-3-4-13(19)14(20)6-11)15(25)8-27-18-22-16(21)7-17(26)23-18/h3-7H,8H2,1-2H3,(H3,21,22,23,26). The highest BCUT2D eigenvalue weighted by molar-refractivity contribution is 7.99. The first-order valence-corrected chi connectivity index (χ1v) is 9.67. The molecule has 0 bridgehead atoms. The predicted octanol–water partition coefficient (Wildman–Crippen LogP) is 4.04. The number of hydrogen-bond acceptors (Lipinski definition) is 5. The van der Waals surface area contributed by atoms with Crippen LogP contribution in [0.25, 0.3) is 5.69 Å². The number of carbonyl (C=O) groups excluding carboxylic acids is 1. The van der Waals surface area contributed by atoms with Crippen molar-refractivity contribution in [2.24, 2.45) is 0 Å². The van der Waals surface area contributed by atoms with Gasteiger partial charge < -0.3 is 15.3 Å². The highest BCUT2D eigenvalue weighted by atomic mass is 35.5. The molecule has 0 atom stereocenters. The van der Waals surface area contributed by atoms with Crippen LogP contribution in [0.3, 0.4) is 0 Å². The first-order chi connectivity index (χ1) is 12.8. The molecule has 2 aromatic heterocycles. The Labute approximate surface area is 169 Å². The van der Waals surface area contributed by atoms with E-state index < -0.39 is 0 Å². The third-order valence-electron chi connectivity index (χ3n) is 3.97. The van der Waals surface area contributed by atoms with Gasteiger partial charge in [-0.3, -0.25) is 9.59 Å². The molecular formula is C18H16Cl2N4O2S. The predicted molar refractivity (Wildman–Crippen MR) is 110 cm³/mol. The van der Waals surface area contributed by atoms with Crippen LogP contribution in [0.15, 0.2) is 40.3 Å². The monoisotopic (exact) mass is 422 g/mol. The van der Waals surface area contributed by atoms with Crippen molar-refractivity contribution >= 4 is 46.6 Å². The van der Waals surface area contributed by atoms with Crippen molar-refractivity contribution in [2.75, 3.05) is 11.5 Å². The van der Waals surface area contributed by atoms with E-state index in [1.54, 1.807) is 12.1 Å². The molecule has 27 heavy (non-hydrogen) atoms. The van der Waals surface area contributed by atoms with E-state index in [0.717, 1.165) is 28.8 Å². The number of nitrogens with two attached hydrogens (primary N) is 1. The number of nitrogens with one attached hydrogen (secondary N) is 1. The summed E-state index contributed by atoms with van der Waals surface area (Å²) < 4.78 is 1.95. The van der Waals surface area contributed by atoms with Crippen LogP contribution in [0.2, 0.25) is 10.0 Å². The molecule has 3 N–H and O–H groups in total. The summed E-state index contributed by atoms with van der Waals surface area (Å²) >= 11 is 13.2. The number of carbonyl (C=O) groups is 1. The van der Waals surface area contributed by atoms with Gasteiger partial charge in [-0.25, -0.2) is 4.98 Å². The summed E-state index contributed by atoms with van der Waals surface area (Å²) in [4.78, 5) is 30.7. The summed E-state index contributed by atoms with van der Waals surface area (Å²) in [6.07, 6.45) is 0. The average Bonchev–Trinajstić information content (AvgIpc) is 2.89. The smallest absolute Gasteiger partial charge is 0.253 e. The summed E-state index contributed by atoms with van der Waals surface area (Å²) in [5.41, 5.74) is 8.32. The maximum absolute atomic E-state index is 12.7. The number of ketones is 1. The van der Waals surface area contributed by atoms with Crippen molar-refractivity contribution < 1.29 is 4.79 Å². The topological polar surface area (TPSA) is 93.8 Å². The first kappa shape index (κ1) is 19.5. The summed E-state index contributed by atoms with van der Waals surface area (Å²) in [6.45, 7) is 3.78. The van der Waals surface area contributed by atoms with Gasteiger partial charge in [-0.2, -0.15) is 0 Å². The second kappa shape index (κ2) is 7.80. The third kappa shape index (κ3) is 4.21. The van der Waals surface area contributed by atoms with Crippen LogP contribution in [-0.4, -0.2) is 26.1 Å². The zero-order valence-electron chi connectivity index (χ0n) is 14.5. The van der Waals surface area contributed by atoms with Gasteiger partial charge in [0, 0.05) is 28.7 Å². The highest BCUT2D eigenvalue weighted by Crippen LogP contribution is 2.28. The molecule has 9 heteroatoms. The number of H-pyrrole nitrogens is 1. The van der Waals surface area contributed by atoms with Gasteiger partial charge in [-0.05, 0) is 38.1 Å². The number of aromatic amines is 1. The van der Waals surface area contributed by atoms with Crippen LogP contribution in [-0.2, 0) is 0 Å². The number of hydrogen-bond donors (Lipinski definition) is 2. The Balaban J connectivity index is 1.85. The Hall–Kier alpha value is -2.22. The molecule has 0 spiro atoms. The van der Waals surface area contributed by atoms with Crippen LogP contribution < -0.4 is 11.3 Å². The molecule has 3 aromatic rings. The van der Waals surface area contributed by atoms with Crippen molar-refractivity contribution in [3.05, 3.63) is 67.7 Å². The number of nitrogen functional groups attached to an aromatic ring is 1. The maximum Gasteiger partial charge on any atom is 0.253 e. The second-order valence-corrected chi connectivity index (χ2v) is 7.68. The third-order valence-corrected chi connectivity index (χ3v) is 5.58. The molecule has 0 fully saturated rings. The summed E-state index contributed by atoms with van der Waals surface area (Å²) in [5.74, 6) is 0.161. The molecular weight excluding hydrogens is 407 g/mol. The van der Waals surface area contributed by atoms with Gasteiger partial charge in [0.15, 0.2) is 10.9 Å². The van der Waals surface area contributed by atoms with Gasteiger partial charge >= 0.3 is 0 Å². The molecule has 0 unspecified atom stereocenters. The molecule has 3 rings (SSSR count). The normalized spacial score (nSPS) is 11.0. The highest BCUT2D eigenvalue weighted by Gasteiger charge is 2.18. The maximum atomic E-state index is 12.7. The molecule has 0 amide bonds. The minimum atomic E-state index is -0.352. The molecule has 2 heterocycles. The summed E-state index contributed by atoms with van der Waals surface area (Å²) in [6, 6.07) is 8.34. The van der Waals surface area contributed by atoms with Gasteiger partial charge in [-0.15, -0.1) is 0 Å². The Morgan fingerprint density at radius 2 is 1.96 bits per heavy atom. The molecule has 0 aliphatic rings. The summed E-state index contributed by atoms with van der Waals surface area (Å²) in [5, 5.41) is 1.23. The average molecular weight is 423 g/mol. The fourth-order valence-electron chi connectivity index (χ4n) is 2.80. The molecule has 1 aromatic carbocycles. The number of anilines is 1. The number of nitrogens with zero attached hydrogens (tertiary/aromatic N) is 2. The molecule has 0 aliphatic carbocycles. The van der Waals surface area contributed by atoms with Crippen molar-refractivity contribution in [2.45, 2.75) is 19.0 Å². The number of halogens is 2. The van der Waals surface area contributed by atoms with Crippen molar-refractivity contribution in [1.29, 1.82) is 0 Å². The molecule has 0 saturated carbocycles. The summed E-state index contributed by atoms with van der Waals surface area (Å²) in [7, 11) is 0. The van der Waals surface area contributed by atoms with E-state index in [9.17, 15) is 9.59 Å². The molecule has 0 radical (unpaired) electrons. The fourth-order valence-corrected chi connectivity index (χ4v) is 3.86. The van der Waals surface area contributed by atoms with Crippen LogP contribution in [0, 0.1) is 13.8 Å². The minimum Gasteiger partial charge on any atom is -0.383 e. The number of thioether (sulfide) groups is 1. The Morgan fingerprint density at radius 3 is 2.63 bits per heavy atom. The lowest BCUT2D eigenvalue weighted by molar-refractivity contribution is 0.102. The van der Waals surface area contributed by atoms with Crippen molar-refractivity contribution in [3.63, 3.8) is 0 Å². The zero-order chi connectivity index (χ0) is 19.7. The number of aromatic nitrogens is 3.